The first-order valence-corrected chi connectivity index (χ1v) is 10.9. The molecule has 0 aliphatic heterocycles. The zero-order valence-electron chi connectivity index (χ0n) is 17.2. The molecule has 0 spiro atoms. The van der Waals surface area contributed by atoms with Crippen molar-refractivity contribution in [2.75, 3.05) is 26.7 Å². The quantitative estimate of drug-likeness (QED) is 0.674. The van der Waals surface area contributed by atoms with Gasteiger partial charge in [-0.15, -0.1) is 0 Å². The number of ether oxygens (including phenoxy) is 1. The van der Waals surface area contributed by atoms with Gasteiger partial charge in [-0.1, -0.05) is 31.5 Å². The maximum atomic E-state index is 14.2. The van der Waals surface area contributed by atoms with Crippen LogP contribution in [0.5, 0.6) is 5.75 Å². The van der Waals surface area contributed by atoms with Gasteiger partial charge in [0, 0.05) is 19.6 Å². The topological polar surface area (TPSA) is 75.7 Å². The number of nitrogens with zero attached hydrogens (tertiary/aromatic N) is 1. The predicted octanol–water partition coefficient (Wildman–Crippen LogP) is 3.15. The van der Waals surface area contributed by atoms with Gasteiger partial charge < -0.3 is 10.1 Å². The normalized spacial score (nSPS) is 11.5. The van der Waals surface area contributed by atoms with Gasteiger partial charge in [0.05, 0.1) is 17.6 Å². The number of hydrogen-bond acceptors (Lipinski definition) is 4. The summed E-state index contributed by atoms with van der Waals surface area (Å²) in [5.74, 6) is -0.719. The third kappa shape index (κ3) is 5.33. The molecule has 0 radical (unpaired) electrons. The fourth-order valence-corrected chi connectivity index (χ4v) is 4.54. The van der Waals surface area contributed by atoms with Gasteiger partial charge in [-0.3, -0.25) is 4.79 Å². The number of methoxy groups -OCH3 is 1. The lowest BCUT2D eigenvalue weighted by atomic mass is 10.1. The van der Waals surface area contributed by atoms with Crippen LogP contribution in [0.25, 0.3) is 0 Å². The molecule has 158 valence electrons. The lowest BCUT2D eigenvalue weighted by molar-refractivity contribution is 0.0949. The van der Waals surface area contributed by atoms with Gasteiger partial charge in [0.15, 0.2) is 0 Å². The molecule has 29 heavy (non-hydrogen) atoms. The van der Waals surface area contributed by atoms with Gasteiger partial charge in [-0.05, 0) is 43.2 Å². The fraction of sp³-hybridized carbons (Fsp3) is 0.381. The highest BCUT2D eigenvalue weighted by atomic mass is 32.2. The van der Waals surface area contributed by atoms with Crippen LogP contribution in [0.3, 0.4) is 0 Å². The Balaban J connectivity index is 2.16. The van der Waals surface area contributed by atoms with E-state index in [0.717, 1.165) is 23.3 Å². The SMILES string of the molecule is CCN(CC)S(=O)(=O)c1ccc(F)c(C(=O)NCCc2cc(C)ccc2OC)c1. The average Bonchev–Trinajstić information content (AvgIpc) is 2.69. The molecule has 8 heteroatoms. The molecule has 1 N–H and O–H groups in total. The van der Waals surface area contributed by atoms with Crippen LogP contribution in [0, 0.1) is 12.7 Å². The second-order valence-electron chi connectivity index (χ2n) is 6.55. The molecule has 0 saturated carbocycles. The average molecular weight is 423 g/mol. The first-order valence-electron chi connectivity index (χ1n) is 9.46. The van der Waals surface area contributed by atoms with Crippen molar-refractivity contribution in [2.45, 2.75) is 32.1 Å². The largest absolute Gasteiger partial charge is 0.496 e. The molecule has 0 aliphatic rings. The molecule has 0 bridgehead atoms. The van der Waals surface area contributed by atoms with Crippen molar-refractivity contribution in [3.05, 3.63) is 58.9 Å². The van der Waals surface area contributed by atoms with Crippen LogP contribution >= 0.6 is 0 Å². The van der Waals surface area contributed by atoms with Crippen molar-refractivity contribution in [1.82, 2.24) is 9.62 Å². The Kier molecular flexibility index (Phi) is 7.75. The molecule has 0 atom stereocenters. The third-order valence-corrected chi connectivity index (χ3v) is 6.69. The lowest BCUT2D eigenvalue weighted by Crippen LogP contribution is -2.31. The molecule has 2 rings (SSSR count). The van der Waals surface area contributed by atoms with Crippen molar-refractivity contribution in [2.24, 2.45) is 0 Å². The summed E-state index contributed by atoms with van der Waals surface area (Å²) >= 11 is 0. The number of sulfonamides is 1. The molecule has 2 aromatic carbocycles. The molecule has 0 unspecified atom stereocenters. The van der Waals surface area contributed by atoms with Gasteiger partial charge in [-0.25, -0.2) is 12.8 Å². The Morgan fingerprint density at radius 1 is 1.14 bits per heavy atom. The summed E-state index contributed by atoms with van der Waals surface area (Å²) < 4.78 is 46.1. The number of nitrogens with one attached hydrogen (secondary N) is 1. The Morgan fingerprint density at radius 3 is 2.45 bits per heavy atom. The molecular formula is C21H27FN2O4S. The van der Waals surface area contributed by atoms with Crippen LogP contribution in [0.15, 0.2) is 41.3 Å². The van der Waals surface area contributed by atoms with E-state index in [1.54, 1.807) is 21.0 Å². The van der Waals surface area contributed by atoms with Gasteiger partial charge in [0.2, 0.25) is 10.0 Å². The number of halogens is 1. The third-order valence-electron chi connectivity index (χ3n) is 4.64. The van der Waals surface area contributed by atoms with Crippen LogP contribution in [-0.2, 0) is 16.4 Å². The van der Waals surface area contributed by atoms with E-state index in [9.17, 15) is 17.6 Å². The first kappa shape index (κ1) is 22.8. The number of benzene rings is 2. The monoisotopic (exact) mass is 422 g/mol. The van der Waals surface area contributed by atoms with Crippen molar-refractivity contribution in [3.8, 4) is 5.75 Å². The summed E-state index contributed by atoms with van der Waals surface area (Å²) in [6.07, 6.45) is 0.496. The highest BCUT2D eigenvalue weighted by Crippen LogP contribution is 2.21. The van der Waals surface area contributed by atoms with E-state index >= 15 is 0 Å². The Morgan fingerprint density at radius 2 is 1.83 bits per heavy atom. The Hall–Kier alpha value is -2.45. The van der Waals surface area contributed by atoms with Gasteiger partial charge in [-0.2, -0.15) is 4.31 Å². The van der Waals surface area contributed by atoms with E-state index in [-0.39, 0.29) is 30.1 Å². The molecule has 0 saturated heterocycles. The maximum Gasteiger partial charge on any atom is 0.254 e. The van der Waals surface area contributed by atoms with Crippen LogP contribution < -0.4 is 10.1 Å². The summed E-state index contributed by atoms with van der Waals surface area (Å²) in [5.41, 5.74) is 1.69. The zero-order valence-corrected chi connectivity index (χ0v) is 18.0. The number of carbonyl (C=O) groups is 1. The van der Waals surface area contributed by atoms with E-state index in [1.165, 1.54) is 10.4 Å². The van der Waals surface area contributed by atoms with Crippen molar-refractivity contribution in [3.63, 3.8) is 0 Å². The van der Waals surface area contributed by atoms with E-state index in [2.05, 4.69) is 5.32 Å². The predicted molar refractivity (Wildman–Crippen MR) is 110 cm³/mol. The minimum atomic E-state index is -3.78. The van der Waals surface area contributed by atoms with Crippen molar-refractivity contribution >= 4 is 15.9 Å². The van der Waals surface area contributed by atoms with E-state index in [4.69, 9.17) is 4.74 Å². The molecule has 1 amide bonds. The molecule has 0 aliphatic carbocycles. The minimum Gasteiger partial charge on any atom is -0.496 e. The maximum absolute atomic E-state index is 14.2. The van der Waals surface area contributed by atoms with E-state index in [1.807, 2.05) is 25.1 Å². The van der Waals surface area contributed by atoms with Crippen molar-refractivity contribution < 1.29 is 22.3 Å². The summed E-state index contributed by atoms with van der Waals surface area (Å²) in [6.45, 7) is 6.23. The zero-order chi connectivity index (χ0) is 21.6. The number of hydrogen-bond donors (Lipinski definition) is 1. The minimum absolute atomic E-state index is 0.104. The summed E-state index contributed by atoms with van der Waals surface area (Å²) in [7, 11) is -2.21. The summed E-state index contributed by atoms with van der Waals surface area (Å²) in [6, 6.07) is 9.02. The number of carbonyl (C=O) groups excluding carboxylic acids is 1. The Labute approximate surface area is 171 Å². The fourth-order valence-electron chi connectivity index (χ4n) is 3.06. The highest BCUT2D eigenvalue weighted by Gasteiger charge is 2.24. The molecule has 6 nitrogen and oxygen atoms in total. The van der Waals surface area contributed by atoms with E-state index < -0.39 is 21.7 Å². The lowest BCUT2D eigenvalue weighted by Gasteiger charge is -2.19. The summed E-state index contributed by atoms with van der Waals surface area (Å²) in [4.78, 5) is 12.4. The highest BCUT2D eigenvalue weighted by molar-refractivity contribution is 7.89. The van der Waals surface area contributed by atoms with Gasteiger partial charge in [0.25, 0.3) is 5.91 Å². The number of amides is 1. The van der Waals surface area contributed by atoms with Crippen LogP contribution in [0.4, 0.5) is 4.39 Å². The summed E-state index contributed by atoms with van der Waals surface area (Å²) in [5, 5.41) is 2.65. The number of aryl methyl sites for hydroxylation is 1. The molecule has 2 aromatic rings. The van der Waals surface area contributed by atoms with Crippen LogP contribution in [0.2, 0.25) is 0 Å². The standard InChI is InChI=1S/C21H27FN2O4S/c1-5-24(6-2)29(26,27)17-8-9-19(22)18(14-17)21(25)23-12-11-16-13-15(3)7-10-20(16)28-4/h7-10,13-14H,5-6,11-12H2,1-4H3,(H,23,25). The first-order chi connectivity index (χ1) is 13.7. The Bertz CT molecular complexity index is 973. The van der Waals surface area contributed by atoms with Crippen molar-refractivity contribution in [1.29, 1.82) is 0 Å². The van der Waals surface area contributed by atoms with E-state index in [0.29, 0.717) is 12.2 Å². The molecule has 0 fully saturated rings. The molecule has 0 aromatic heterocycles. The second-order valence-corrected chi connectivity index (χ2v) is 8.49. The van der Waals surface area contributed by atoms with Crippen LogP contribution in [0.1, 0.15) is 35.3 Å². The second kappa shape index (κ2) is 9.84. The van der Waals surface area contributed by atoms with Gasteiger partial charge >= 0.3 is 0 Å². The number of rotatable bonds is 9. The van der Waals surface area contributed by atoms with Crippen LogP contribution in [-0.4, -0.2) is 45.4 Å². The smallest absolute Gasteiger partial charge is 0.254 e. The van der Waals surface area contributed by atoms with Gasteiger partial charge in [0.1, 0.15) is 11.6 Å². The molecular weight excluding hydrogens is 395 g/mol. The molecule has 0 heterocycles.